The normalized spacial score (nSPS) is 12.3. The number of nitrogens with one attached hydrogen (secondary N) is 1. The maximum Gasteiger partial charge on any atom is 0.281 e. The smallest absolute Gasteiger partial charge is 0.281 e. The van der Waals surface area contributed by atoms with Crippen LogP contribution < -0.4 is 5.32 Å². The van der Waals surface area contributed by atoms with Gasteiger partial charge in [0.2, 0.25) is 11.6 Å². The number of phenolic OH excluding ortho intramolecular Hbond substituents is 2. The lowest BCUT2D eigenvalue weighted by molar-refractivity contribution is -0.385. The summed E-state index contributed by atoms with van der Waals surface area (Å²) in [6.07, 6.45) is 0.791. The number of nitrogens with zero attached hydrogens (tertiary/aromatic N) is 1. The zero-order valence-electron chi connectivity index (χ0n) is 15.8. The first-order valence-electron chi connectivity index (χ1n) is 9.15. The SMILES string of the molecule is CCc1cccc(Nc2ccc(O)c3c2C(=O)c2c([N+](=O)[O-])ccc(O)c2C3=O)c1. The number of carbonyl (C=O) groups excluding carboxylic acids is 2. The van der Waals surface area contributed by atoms with Gasteiger partial charge in [0.1, 0.15) is 17.1 Å². The van der Waals surface area contributed by atoms with Gasteiger partial charge in [-0.25, -0.2) is 0 Å². The van der Waals surface area contributed by atoms with E-state index in [0.29, 0.717) is 5.69 Å². The second kappa shape index (κ2) is 7.00. The number of nitro groups is 1. The fraction of sp³-hybridized carbons (Fsp3) is 0.0909. The van der Waals surface area contributed by atoms with Gasteiger partial charge in [-0.15, -0.1) is 0 Å². The van der Waals surface area contributed by atoms with Gasteiger partial charge in [0.15, 0.2) is 0 Å². The second-order valence-corrected chi connectivity index (χ2v) is 6.83. The predicted octanol–water partition coefficient (Wildman–Crippen LogP) is 4.09. The Kier molecular flexibility index (Phi) is 4.46. The van der Waals surface area contributed by atoms with E-state index in [2.05, 4.69) is 5.32 Å². The van der Waals surface area contributed by atoms with Crippen molar-refractivity contribution in [3.63, 3.8) is 0 Å². The van der Waals surface area contributed by atoms with Gasteiger partial charge in [-0.3, -0.25) is 19.7 Å². The molecule has 3 aromatic carbocycles. The van der Waals surface area contributed by atoms with Crippen molar-refractivity contribution in [2.45, 2.75) is 13.3 Å². The third-order valence-corrected chi connectivity index (χ3v) is 5.06. The van der Waals surface area contributed by atoms with Gasteiger partial charge in [-0.1, -0.05) is 19.1 Å². The van der Waals surface area contributed by atoms with Crippen LogP contribution in [-0.2, 0) is 6.42 Å². The Bertz CT molecular complexity index is 1250. The minimum atomic E-state index is -0.857. The van der Waals surface area contributed by atoms with Crippen LogP contribution in [-0.4, -0.2) is 26.7 Å². The summed E-state index contributed by atoms with van der Waals surface area (Å²) < 4.78 is 0. The number of hydrogen-bond donors (Lipinski definition) is 3. The molecule has 0 saturated heterocycles. The molecule has 0 aromatic heterocycles. The molecule has 0 aliphatic heterocycles. The lowest BCUT2D eigenvalue weighted by atomic mass is 9.81. The van der Waals surface area contributed by atoms with Crippen molar-refractivity contribution in [2.75, 3.05) is 5.32 Å². The van der Waals surface area contributed by atoms with Crippen LogP contribution in [0.2, 0.25) is 0 Å². The average Bonchev–Trinajstić information content (AvgIpc) is 2.72. The van der Waals surface area contributed by atoms with Crippen molar-refractivity contribution in [3.8, 4) is 11.5 Å². The highest BCUT2D eigenvalue weighted by molar-refractivity contribution is 6.33. The van der Waals surface area contributed by atoms with E-state index in [-0.39, 0.29) is 16.8 Å². The van der Waals surface area contributed by atoms with E-state index < -0.39 is 44.8 Å². The van der Waals surface area contributed by atoms with Gasteiger partial charge in [-0.2, -0.15) is 0 Å². The monoisotopic (exact) mass is 404 g/mol. The first kappa shape index (κ1) is 19.1. The molecule has 1 aliphatic rings. The third-order valence-electron chi connectivity index (χ3n) is 5.06. The molecule has 8 heteroatoms. The van der Waals surface area contributed by atoms with E-state index in [1.807, 2.05) is 25.1 Å². The number of anilines is 2. The lowest BCUT2D eigenvalue weighted by Crippen LogP contribution is -2.23. The first-order chi connectivity index (χ1) is 14.3. The fourth-order valence-corrected chi connectivity index (χ4v) is 3.63. The Balaban J connectivity index is 1.94. The molecule has 0 atom stereocenters. The number of nitro benzene ring substituents is 1. The van der Waals surface area contributed by atoms with Crippen LogP contribution >= 0.6 is 0 Å². The molecular formula is C22H16N2O6. The van der Waals surface area contributed by atoms with Crippen LogP contribution in [0.4, 0.5) is 17.1 Å². The van der Waals surface area contributed by atoms with Gasteiger partial charge in [0, 0.05) is 11.8 Å². The van der Waals surface area contributed by atoms with Gasteiger partial charge in [0.25, 0.3) is 5.69 Å². The third kappa shape index (κ3) is 2.86. The van der Waals surface area contributed by atoms with Crippen molar-refractivity contribution in [3.05, 3.63) is 86.5 Å². The van der Waals surface area contributed by atoms with Gasteiger partial charge < -0.3 is 15.5 Å². The molecule has 0 heterocycles. The van der Waals surface area contributed by atoms with Crippen LogP contribution in [0.15, 0.2) is 48.5 Å². The highest BCUT2D eigenvalue weighted by Gasteiger charge is 2.40. The number of hydrogen-bond acceptors (Lipinski definition) is 7. The van der Waals surface area contributed by atoms with Crippen LogP contribution in [0, 0.1) is 10.1 Å². The number of ketones is 2. The number of rotatable bonds is 4. The number of carbonyl (C=O) groups is 2. The number of aryl methyl sites for hydroxylation is 1. The molecule has 3 N–H and O–H groups in total. The minimum absolute atomic E-state index is 0.178. The molecule has 1 aliphatic carbocycles. The Morgan fingerprint density at radius 2 is 1.53 bits per heavy atom. The molecule has 0 radical (unpaired) electrons. The van der Waals surface area contributed by atoms with E-state index in [1.54, 1.807) is 6.07 Å². The maximum absolute atomic E-state index is 13.3. The number of benzene rings is 3. The topological polar surface area (TPSA) is 130 Å². The van der Waals surface area contributed by atoms with E-state index in [4.69, 9.17) is 0 Å². The van der Waals surface area contributed by atoms with Crippen molar-refractivity contribution in [1.82, 2.24) is 0 Å². The van der Waals surface area contributed by atoms with Gasteiger partial charge >= 0.3 is 0 Å². The van der Waals surface area contributed by atoms with Crippen molar-refractivity contribution in [2.24, 2.45) is 0 Å². The zero-order chi connectivity index (χ0) is 21.6. The first-order valence-corrected chi connectivity index (χ1v) is 9.15. The molecule has 4 rings (SSSR count). The van der Waals surface area contributed by atoms with Gasteiger partial charge in [-0.05, 0) is 42.3 Å². The summed E-state index contributed by atoms with van der Waals surface area (Å²) in [6.45, 7) is 1.99. The molecule has 0 saturated carbocycles. The Morgan fingerprint density at radius 1 is 0.900 bits per heavy atom. The van der Waals surface area contributed by atoms with Crippen molar-refractivity contribution >= 4 is 28.6 Å². The van der Waals surface area contributed by atoms with Crippen LogP contribution in [0.25, 0.3) is 0 Å². The number of fused-ring (bicyclic) bond motifs is 2. The summed E-state index contributed by atoms with van der Waals surface area (Å²) in [7, 11) is 0. The summed E-state index contributed by atoms with van der Waals surface area (Å²) in [5.41, 5.74) is -0.134. The maximum atomic E-state index is 13.3. The molecule has 0 spiro atoms. The van der Waals surface area contributed by atoms with Crippen molar-refractivity contribution < 1.29 is 24.7 Å². The Hall–Kier alpha value is -4.20. The highest BCUT2D eigenvalue weighted by Crippen LogP contribution is 2.43. The molecule has 0 bridgehead atoms. The standard InChI is InChI=1S/C22H16N2O6/c1-2-11-4-3-5-12(10-11)23-13-6-8-15(25)19-17(13)21(27)18-14(24(29)30)7-9-16(26)20(18)22(19)28/h3-10,23,25-26H,2H2,1H3. The largest absolute Gasteiger partial charge is 0.507 e. The number of phenols is 2. The van der Waals surface area contributed by atoms with E-state index in [1.165, 1.54) is 12.1 Å². The van der Waals surface area contributed by atoms with Crippen molar-refractivity contribution in [1.29, 1.82) is 0 Å². The molecule has 8 nitrogen and oxygen atoms in total. The minimum Gasteiger partial charge on any atom is -0.507 e. The summed E-state index contributed by atoms with van der Waals surface area (Å²) in [6, 6.07) is 12.1. The molecule has 0 amide bonds. The Labute approximate surface area is 170 Å². The molecule has 150 valence electrons. The average molecular weight is 404 g/mol. The summed E-state index contributed by atoms with van der Waals surface area (Å²) in [4.78, 5) is 37.0. The fourth-order valence-electron chi connectivity index (χ4n) is 3.63. The Morgan fingerprint density at radius 3 is 2.20 bits per heavy atom. The molecule has 30 heavy (non-hydrogen) atoms. The molecule has 0 fully saturated rings. The van der Waals surface area contributed by atoms with Gasteiger partial charge in [0.05, 0.1) is 27.3 Å². The molecule has 0 unspecified atom stereocenters. The quantitative estimate of drug-likeness (QED) is 0.265. The van der Waals surface area contributed by atoms with Crippen LogP contribution in [0.1, 0.15) is 44.3 Å². The molecule has 3 aromatic rings. The highest BCUT2D eigenvalue weighted by atomic mass is 16.6. The number of aromatic hydroxyl groups is 2. The van der Waals surface area contributed by atoms with Crippen LogP contribution in [0.5, 0.6) is 11.5 Å². The van der Waals surface area contributed by atoms with E-state index in [9.17, 15) is 29.9 Å². The van der Waals surface area contributed by atoms with E-state index >= 15 is 0 Å². The second-order valence-electron chi connectivity index (χ2n) is 6.83. The summed E-state index contributed by atoms with van der Waals surface area (Å²) in [5, 5.41) is 35.0. The lowest BCUT2D eigenvalue weighted by Gasteiger charge is -2.22. The predicted molar refractivity (Wildman–Crippen MR) is 109 cm³/mol. The summed E-state index contributed by atoms with van der Waals surface area (Å²) >= 11 is 0. The van der Waals surface area contributed by atoms with E-state index in [0.717, 1.165) is 24.1 Å². The molecular weight excluding hydrogens is 388 g/mol. The zero-order valence-corrected chi connectivity index (χ0v) is 15.8. The van der Waals surface area contributed by atoms with Crippen LogP contribution in [0.3, 0.4) is 0 Å². The summed E-state index contributed by atoms with van der Waals surface area (Å²) in [5.74, 6) is -2.70.